The molecule has 0 unspecified atom stereocenters. The normalized spacial score (nSPS) is 10.8. The maximum atomic E-state index is 11.9. The predicted molar refractivity (Wildman–Crippen MR) is 96.7 cm³/mol. The number of aryl methyl sites for hydroxylation is 4. The summed E-state index contributed by atoms with van der Waals surface area (Å²) >= 11 is 0. The first-order valence-electron chi connectivity index (χ1n) is 8.32. The average Bonchev–Trinajstić information content (AvgIpc) is 2.90. The van der Waals surface area contributed by atoms with Crippen LogP contribution in [0, 0.1) is 20.8 Å². The smallest absolute Gasteiger partial charge is 0.252 e. The summed E-state index contributed by atoms with van der Waals surface area (Å²) in [6.45, 7) is 6.48. The Labute approximate surface area is 146 Å². The minimum Gasteiger partial charge on any atom is -0.361 e. The zero-order valence-electron chi connectivity index (χ0n) is 14.7. The SMILES string of the molecule is Cc1ccc(CNc2nc(CCc3c(C)noc3C)cc(=O)[nH]2)cc1. The molecule has 0 radical (unpaired) electrons. The number of hydrogen-bond donors (Lipinski definition) is 2. The molecule has 0 aliphatic rings. The Balaban J connectivity index is 1.67. The topological polar surface area (TPSA) is 83.8 Å². The third-order valence-corrected chi connectivity index (χ3v) is 4.19. The first kappa shape index (κ1) is 17.0. The van der Waals surface area contributed by atoms with Gasteiger partial charge in [0.1, 0.15) is 5.76 Å². The molecule has 6 nitrogen and oxygen atoms in total. The second-order valence-corrected chi connectivity index (χ2v) is 6.23. The van der Waals surface area contributed by atoms with E-state index < -0.39 is 0 Å². The van der Waals surface area contributed by atoms with Crippen LogP contribution in [0.4, 0.5) is 5.95 Å². The van der Waals surface area contributed by atoms with E-state index in [9.17, 15) is 4.79 Å². The number of anilines is 1. The summed E-state index contributed by atoms with van der Waals surface area (Å²) in [5.41, 5.74) is 4.91. The van der Waals surface area contributed by atoms with Crippen molar-refractivity contribution >= 4 is 5.95 Å². The van der Waals surface area contributed by atoms with E-state index >= 15 is 0 Å². The average molecular weight is 338 g/mol. The lowest BCUT2D eigenvalue weighted by molar-refractivity contribution is 0.392. The summed E-state index contributed by atoms with van der Waals surface area (Å²) in [5, 5.41) is 7.14. The van der Waals surface area contributed by atoms with Gasteiger partial charge >= 0.3 is 0 Å². The molecular formula is C19H22N4O2. The van der Waals surface area contributed by atoms with Gasteiger partial charge in [-0.05, 0) is 39.2 Å². The first-order valence-corrected chi connectivity index (χ1v) is 8.32. The van der Waals surface area contributed by atoms with Gasteiger partial charge in [0.25, 0.3) is 5.56 Å². The second kappa shape index (κ2) is 7.34. The molecule has 0 amide bonds. The third kappa shape index (κ3) is 4.35. The van der Waals surface area contributed by atoms with Crippen LogP contribution in [0.1, 0.15) is 33.8 Å². The quantitative estimate of drug-likeness (QED) is 0.721. The Morgan fingerprint density at radius 1 is 1.12 bits per heavy atom. The van der Waals surface area contributed by atoms with Crippen LogP contribution in [-0.4, -0.2) is 15.1 Å². The zero-order chi connectivity index (χ0) is 17.8. The van der Waals surface area contributed by atoms with Crippen molar-refractivity contribution in [3.8, 4) is 0 Å². The van der Waals surface area contributed by atoms with Gasteiger partial charge in [0.2, 0.25) is 5.95 Å². The highest BCUT2D eigenvalue weighted by Crippen LogP contribution is 2.15. The minimum absolute atomic E-state index is 0.157. The molecule has 25 heavy (non-hydrogen) atoms. The lowest BCUT2D eigenvalue weighted by atomic mass is 10.1. The van der Waals surface area contributed by atoms with E-state index in [2.05, 4.69) is 51.6 Å². The molecule has 0 atom stereocenters. The fraction of sp³-hybridized carbons (Fsp3) is 0.316. The van der Waals surface area contributed by atoms with Gasteiger partial charge in [-0.15, -0.1) is 0 Å². The summed E-state index contributed by atoms with van der Waals surface area (Å²) in [7, 11) is 0. The molecule has 1 aromatic carbocycles. The molecule has 0 bridgehead atoms. The molecule has 2 aromatic heterocycles. The number of benzene rings is 1. The molecule has 2 N–H and O–H groups in total. The molecule has 3 rings (SSSR count). The largest absolute Gasteiger partial charge is 0.361 e. The van der Waals surface area contributed by atoms with Crippen LogP contribution in [-0.2, 0) is 19.4 Å². The molecule has 0 aliphatic heterocycles. The van der Waals surface area contributed by atoms with Crippen molar-refractivity contribution in [2.24, 2.45) is 0 Å². The van der Waals surface area contributed by atoms with Gasteiger partial charge in [0, 0.05) is 18.2 Å². The van der Waals surface area contributed by atoms with Gasteiger partial charge in [-0.1, -0.05) is 35.0 Å². The molecule has 0 spiro atoms. The van der Waals surface area contributed by atoms with Gasteiger partial charge in [0.15, 0.2) is 0 Å². The zero-order valence-corrected chi connectivity index (χ0v) is 14.7. The van der Waals surface area contributed by atoms with Crippen molar-refractivity contribution in [2.45, 2.75) is 40.2 Å². The van der Waals surface area contributed by atoms with E-state index in [4.69, 9.17) is 4.52 Å². The number of aromatic nitrogens is 3. The lowest BCUT2D eigenvalue weighted by Crippen LogP contribution is -2.14. The Hall–Kier alpha value is -2.89. The van der Waals surface area contributed by atoms with Crippen molar-refractivity contribution in [1.82, 2.24) is 15.1 Å². The fourth-order valence-electron chi connectivity index (χ4n) is 2.72. The molecule has 2 heterocycles. The van der Waals surface area contributed by atoms with Gasteiger partial charge in [-0.25, -0.2) is 4.98 Å². The number of hydrogen-bond acceptors (Lipinski definition) is 5. The first-order chi connectivity index (χ1) is 12.0. The van der Waals surface area contributed by atoms with Crippen molar-refractivity contribution in [3.63, 3.8) is 0 Å². The summed E-state index contributed by atoms with van der Waals surface area (Å²) in [6.07, 6.45) is 1.40. The van der Waals surface area contributed by atoms with E-state index in [1.807, 2.05) is 13.8 Å². The maximum Gasteiger partial charge on any atom is 0.252 e. The molecule has 0 saturated carbocycles. The molecule has 6 heteroatoms. The van der Waals surface area contributed by atoms with E-state index in [0.717, 1.165) is 34.7 Å². The van der Waals surface area contributed by atoms with Gasteiger partial charge in [0.05, 0.1) is 11.4 Å². The summed E-state index contributed by atoms with van der Waals surface area (Å²) in [5.74, 6) is 1.31. The highest BCUT2D eigenvalue weighted by molar-refractivity contribution is 5.30. The van der Waals surface area contributed by atoms with E-state index in [-0.39, 0.29) is 5.56 Å². The molecule has 0 aliphatic carbocycles. The highest BCUT2D eigenvalue weighted by atomic mass is 16.5. The van der Waals surface area contributed by atoms with Crippen LogP contribution in [0.5, 0.6) is 0 Å². The van der Waals surface area contributed by atoms with Crippen molar-refractivity contribution < 1.29 is 4.52 Å². The molecular weight excluding hydrogens is 316 g/mol. The summed E-state index contributed by atoms with van der Waals surface area (Å²) in [4.78, 5) is 19.1. The number of H-pyrrole nitrogens is 1. The highest BCUT2D eigenvalue weighted by Gasteiger charge is 2.10. The number of rotatable bonds is 6. The third-order valence-electron chi connectivity index (χ3n) is 4.19. The monoisotopic (exact) mass is 338 g/mol. The second-order valence-electron chi connectivity index (χ2n) is 6.23. The molecule has 130 valence electrons. The molecule has 3 aromatic rings. The molecule has 0 fully saturated rings. The van der Waals surface area contributed by atoms with Crippen LogP contribution < -0.4 is 10.9 Å². The summed E-state index contributed by atoms with van der Waals surface area (Å²) in [6, 6.07) is 9.78. The van der Waals surface area contributed by atoms with Crippen molar-refractivity contribution in [2.75, 3.05) is 5.32 Å². The van der Waals surface area contributed by atoms with Crippen LogP contribution in [0.15, 0.2) is 39.6 Å². The van der Waals surface area contributed by atoms with Gasteiger partial charge in [-0.2, -0.15) is 0 Å². The van der Waals surface area contributed by atoms with Gasteiger partial charge < -0.3 is 9.84 Å². The fourth-order valence-corrected chi connectivity index (χ4v) is 2.72. The minimum atomic E-state index is -0.157. The number of nitrogens with zero attached hydrogens (tertiary/aromatic N) is 2. The Morgan fingerprint density at radius 2 is 1.88 bits per heavy atom. The van der Waals surface area contributed by atoms with Crippen molar-refractivity contribution in [1.29, 1.82) is 0 Å². The van der Waals surface area contributed by atoms with Crippen LogP contribution in [0.2, 0.25) is 0 Å². The lowest BCUT2D eigenvalue weighted by Gasteiger charge is -2.08. The Bertz CT molecular complexity index is 890. The molecule has 0 saturated heterocycles. The number of nitrogens with one attached hydrogen (secondary N) is 2. The standard InChI is InChI=1S/C19H22N4O2/c1-12-4-6-15(7-5-12)11-20-19-21-16(10-18(24)22-19)8-9-17-13(2)23-25-14(17)3/h4-7,10H,8-9,11H2,1-3H3,(H2,20,21,22,24). The van der Waals surface area contributed by atoms with Crippen molar-refractivity contribution in [3.05, 3.63) is 74.5 Å². The van der Waals surface area contributed by atoms with Crippen LogP contribution in [0.25, 0.3) is 0 Å². The predicted octanol–water partition coefficient (Wildman–Crippen LogP) is 3.08. The van der Waals surface area contributed by atoms with Crippen LogP contribution in [0.3, 0.4) is 0 Å². The maximum absolute atomic E-state index is 11.9. The summed E-state index contributed by atoms with van der Waals surface area (Å²) < 4.78 is 5.18. The van der Waals surface area contributed by atoms with Gasteiger partial charge in [-0.3, -0.25) is 9.78 Å². The van der Waals surface area contributed by atoms with E-state index in [1.165, 1.54) is 11.6 Å². The Kier molecular flexibility index (Phi) is 4.97. The van der Waals surface area contributed by atoms with E-state index in [0.29, 0.717) is 18.9 Å². The number of aromatic amines is 1. The van der Waals surface area contributed by atoms with E-state index in [1.54, 1.807) is 0 Å². The van der Waals surface area contributed by atoms with Crippen LogP contribution >= 0.6 is 0 Å². The Morgan fingerprint density at radius 3 is 2.56 bits per heavy atom.